The highest BCUT2D eigenvalue weighted by molar-refractivity contribution is 4.63. The Morgan fingerprint density at radius 3 is 1.65 bits per heavy atom. The molecule has 3 rings (SSSR count). The Morgan fingerprint density at radius 2 is 1.40 bits per heavy atom. The van der Waals surface area contributed by atoms with Crippen LogP contribution in [0, 0.1) is 17.8 Å². The molecule has 20 heavy (non-hydrogen) atoms. The number of hydrogen-bond acceptors (Lipinski definition) is 3. The van der Waals surface area contributed by atoms with Gasteiger partial charge < -0.3 is 14.8 Å². The van der Waals surface area contributed by atoms with Crippen molar-refractivity contribution in [1.29, 1.82) is 0 Å². The summed E-state index contributed by atoms with van der Waals surface area (Å²) in [6.07, 6.45) is 6.69. The van der Waals surface area contributed by atoms with Crippen LogP contribution in [0.3, 0.4) is 0 Å². The third kappa shape index (κ3) is 9.73. The standard InChI is InChI=1S/C6H13N.C6H12O.C5H10O/c2*1-6-3-2-4-7-5-6;1-5-2-3-6-4-5/h6-7H,2-5H2,1H3;6H,2-5H2,1H3;5H,2-4H2,1H3. The summed E-state index contributed by atoms with van der Waals surface area (Å²) in [7, 11) is 0. The molecule has 3 heteroatoms. The van der Waals surface area contributed by atoms with E-state index in [9.17, 15) is 0 Å². The van der Waals surface area contributed by atoms with Gasteiger partial charge in [0.15, 0.2) is 0 Å². The number of hydrogen-bond donors (Lipinski definition) is 1. The minimum atomic E-state index is 0.814. The van der Waals surface area contributed by atoms with Gasteiger partial charge in [-0.1, -0.05) is 20.8 Å². The third-order valence-corrected chi connectivity index (χ3v) is 4.09. The summed E-state index contributed by atoms with van der Waals surface area (Å²) in [5, 5.41) is 3.33. The summed E-state index contributed by atoms with van der Waals surface area (Å²) in [4.78, 5) is 0. The molecule has 1 N–H and O–H groups in total. The van der Waals surface area contributed by atoms with Gasteiger partial charge in [0.25, 0.3) is 0 Å². The van der Waals surface area contributed by atoms with Crippen LogP contribution in [0.2, 0.25) is 0 Å². The van der Waals surface area contributed by atoms with E-state index in [2.05, 4.69) is 26.1 Å². The zero-order valence-corrected chi connectivity index (χ0v) is 13.8. The molecular weight excluding hydrogens is 250 g/mol. The fraction of sp³-hybridized carbons (Fsp3) is 1.00. The molecule has 0 aliphatic carbocycles. The lowest BCUT2D eigenvalue weighted by atomic mass is 10.0. The number of ether oxygens (including phenoxy) is 2. The van der Waals surface area contributed by atoms with Crippen molar-refractivity contribution in [1.82, 2.24) is 5.32 Å². The quantitative estimate of drug-likeness (QED) is 0.739. The molecule has 0 saturated carbocycles. The Bertz CT molecular complexity index is 189. The normalized spacial score (nSPS) is 33.5. The largest absolute Gasteiger partial charge is 0.381 e. The van der Waals surface area contributed by atoms with Crippen LogP contribution >= 0.6 is 0 Å². The van der Waals surface area contributed by atoms with E-state index in [1.807, 2.05) is 0 Å². The summed E-state index contributed by atoms with van der Waals surface area (Å²) in [5.74, 6) is 2.56. The van der Waals surface area contributed by atoms with E-state index in [1.54, 1.807) is 0 Å². The van der Waals surface area contributed by atoms with Gasteiger partial charge in [0.2, 0.25) is 0 Å². The number of rotatable bonds is 0. The van der Waals surface area contributed by atoms with E-state index < -0.39 is 0 Å². The molecule has 0 aromatic carbocycles. The first-order chi connectivity index (χ1) is 9.68. The summed E-state index contributed by atoms with van der Waals surface area (Å²) in [5.41, 5.74) is 0. The van der Waals surface area contributed by atoms with Crippen LogP contribution in [0.4, 0.5) is 0 Å². The molecule has 3 fully saturated rings. The van der Waals surface area contributed by atoms with E-state index in [0.717, 1.165) is 44.2 Å². The van der Waals surface area contributed by atoms with Crippen LogP contribution in [0.25, 0.3) is 0 Å². The second-order valence-corrected chi connectivity index (χ2v) is 6.74. The maximum absolute atomic E-state index is 5.18. The molecule has 3 unspecified atom stereocenters. The molecule has 3 aliphatic heterocycles. The predicted molar refractivity (Wildman–Crippen MR) is 85.1 cm³/mol. The molecule has 0 aromatic rings. The van der Waals surface area contributed by atoms with E-state index in [-0.39, 0.29) is 0 Å². The van der Waals surface area contributed by atoms with Crippen molar-refractivity contribution in [3.05, 3.63) is 0 Å². The van der Waals surface area contributed by atoms with Gasteiger partial charge in [0.1, 0.15) is 0 Å². The lowest BCUT2D eigenvalue weighted by molar-refractivity contribution is 0.0616. The van der Waals surface area contributed by atoms with Crippen molar-refractivity contribution in [3.63, 3.8) is 0 Å². The van der Waals surface area contributed by atoms with Gasteiger partial charge in [0, 0.05) is 26.4 Å². The Morgan fingerprint density at radius 1 is 0.750 bits per heavy atom. The first kappa shape index (κ1) is 17.9. The molecule has 0 radical (unpaired) electrons. The highest BCUT2D eigenvalue weighted by Crippen LogP contribution is 2.11. The lowest BCUT2D eigenvalue weighted by Crippen LogP contribution is -2.27. The molecule has 3 saturated heterocycles. The average molecular weight is 285 g/mol. The average Bonchev–Trinajstić information content (AvgIpc) is 2.93. The zero-order valence-electron chi connectivity index (χ0n) is 13.8. The molecule has 0 aromatic heterocycles. The maximum atomic E-state index is 5.18. The van der Waals surface area contributed by atoms with E-state index in [4.69, 9.17) is 9.47 Å². The highest BCUT2D eigenvalue weighted by atomic mass is 16.5. The van der Waals surface area contributed by atoms with Gasteiger partial charge in [-0.15, -0.1) is 0 Å². The minimum Gasteiger partial charge on any atom is -0.381 e. The van der Waals surface area contributed by atoms with Gasteiger partial charge in [-0.25, -0.2) is 0 Å². The van der Waals surface area contributed by atoms with Crippen molar-refractivity contribution < 1.29 is 9.47 Å². The summed E-state index contributed by atoms with van der Waals surface area (Å²) < 4.78 is 10.2. The van der Waals surface area contributed by atoms with Crippen LogP contribution in [0.5, 0.6) is 0 Å². The Hall–Kier alpha value is -0.120. The first-order valence-electron chi connectivity index (χ1n) is 8.54. The SMILES string of the molecule is CC1CCCNC1.CC1CCCOC1.CC1CCOC1. The van der Waals surface area contributed by atoms with Crippen LogP contribution in [0.1, 0.15) is 52.9 Å². The zero-order chi connectivity index (χ0) is 14.6. The topological polar surface area (TPSA) is 30.5 Å². The molecule has 3 nitrogen and oxygen atoms in total. The highest BCUT2D eigenvalue weighted by Gasteiger charge is 2.08. The predicted octanol–water partition coefficient (Wildman–Crippen LogP) is 3.48. The monoisotopic (exact) mass is 285 g/mol. The summed E-state index contributed by atoms with van der Waals surface area (Å²) in [6.45, 7) is 13.2. The minimum absolute atomic E-state index is 0.814. The van der Waals surface area contributed by atoms with Crippen molar-refractivity contribution in [2.45, 2.75) is 52.9 Å². The summed E-state index contributed by atoms with van der Waals surface area (Å²) >= 11 is 0. The first-order valence-corrected chi connectivity index (χ1v) is 8.54. The smallest absolute Gasteiger partial charge is 0.0492 e. The second-order valence-electron chi connectivity index (χ2n) is 6.74. The Labute approximate surface area is 125 Å². The molecule has 3 aliphatic rings. The summed E-state index contributed by atoms with van der Waals surface area (Å²) in [6, 6.07) is 0. The lowest BCUT2D eigenvalue weighted by Gasteiger charge is -2.17. The molecule has 3 atom stereocenters. The van der Waals surface area contributed by atoms with Gasteiger partial charge in [0.05, 0.1) is 0 Å². The van der Waals surface area contributed by atoms with Crippen LogP contribution in [-0.2, 0) is 9.47 Å². The molecule has 0 bridgehead atoms. The van der Waals surface area contributed by atoms with Crippen LogP contribution in [-0.4, -0.2) is 39.5 Å². The molecule has 0 amide bonds. The molecule has 3 heterocycles. The third-order valence-electron chi connectivity index (χ3n) is 4.09. The molecule has 120 valence electrons. The Kier molecular flexibility index (Phi) is 10.3. The number of piperidine rings is 1. The van der Waals surface area contributed by atoms with Crippen LogP contribution < -0.4 is 5.32 Å². The molecular formula is C17H35NO2. The number of nitrogens with one attached hydrogen (secondary N) is 1. The second kappa shape index (κ2) is 11.5. The van der Waals surface area contributed by atoms with Crippen molar-refractivity contribution in [2.75, 3.05) is 39.5 Å². The van der Waals surface area contributed by atoms with Gasteiger partial charge >= 0.3 is 0 Å². The van der Waals surface area contributed by atoms with E-state index >= 15 is 0 Å². The van der Waals surface area contributed by atoms with Gasteiger partial charge in [-0.2, -0.15) is 0 Å². The van der Waals surface area contributed by atoms with Gasteiger partial charge in [-0.3, -0.25) is 0 Å². The van der Waals surface area contributed by atoms with Gasteiger partial charge in [-0.05, 0) is 62.9 Å². The van der Waals surface area contributed by atoms with Crippen molar-refractivity contribution >= 4 is 0 Å². The molecule has 0 spiro atoms. The fourth-order valence-corrected chi connectivity index (χ4v) is 2.58. The fourth-order valence-electron chi connectivity index (χ4n) is 2.58. The van der Waals surface area contributed by atoms with Crippen molar-refractivity contribution in [3.8, 4) is 0 Å². The van der Waals surface area contributed by atoms with E-state index in [0.29, 0.717) is 0 Å². The Balaban J connectivity index is 0.000000151. The van der Waals surface area contributed by atoms with E-state index in [1.165, 1.54) is 45.2 Å². The maximum Gasteiger partial charge on any atom is 0.0492 e. The van der Waals surface area contributed by atoms with Crippen molar-refractivity contribution in [2.24, 2.45) is 17.8 Å². The van der Waals surface area contributed by atoms with Crippen LogP contribution in [0.15, 0.2) is 0 Å².